The third-order valence-corrected chi connectivity index (χ3v) is 5.48. The minimum atomic E-state index is -3.88. The highest BCUT2D eigenvalue weighted by atomic mass is 32.2. The molecule has 0 amide bonds. The van der Waals surface area contributed by atoms with Crippen LogP contribution in [0.25, 0.3) is 5.82 Å². The van der Waals surface area contributed by atoms with Gasteiger partial charge in [-0.05, 0) is 48.5 Å². The molecule has 0 spiro atoms. The van der Waals surface area contributed by atoms with Crippen molar-refractivity contribution < 1.29 is 17.2 Å². The van der Waals surface area contributed by atoms with Gasteiger partial charge in [0.05, 0.1) is 16.4 Å². The zero-order chi connectivity index (χ0) is 19.0. The van der Waals surface area contributed by atoms with Crippen LogP contribution < -0.4 is 26.1 Å². The average molecular weight is 386 g/mol. The Hall–Kier alpha value is -3.33. The molecule has 0 saturated carbocycles. The second-order valence-electron chi connectivity index (χ2n) is 5.86. The van der Waals surface area contributed by atoms with Crippen LogP contribution in [0, 0.1) is 5.82 Å². The minimum absolute atomic E-state index is 0.147. The zero-order valence-corrected chi connectivity index (χ0v) is 14.8. The van der Waals surface area contributed by atoms with E-state index in [1.54, 1.807) is 35.2 Å². The van der Waals surface area contributed by atoms with Gasteiger partial charge in [0.25, 0.3) is 10.0 Å². The fraction of sp³-hybridized carbons (Fsp3) is 0.0556. The summed E-state index contributed by atoms with van der Waals surface area (Å²) in [6.45, 7) is 0.292. The van der Waals surface area contributed by atoms with E-state index in [2.05, 4.69) is 9.71 Å². The lowest BCUT2D eigenvalue weighted by Gasteiger charge is -2.24. The third kappa shape index (κ3) is 3.24. The predicted octanol–water partition coefficient (Wildman–Crippen LogP) is 1.34. The van der Waals surface area contributed by atoms with Crippen molar-refractivity contribution in [3.05, 3.63) is 77.5 Å². The summed E-state index contributed by atoms with van der Waals surface area (Å²) in [6, 6.07) is 13.2. The highest BCUT2D eigenvalue weighted by Gasteiger charge is 2.17. The van der Waals surface area contributed by atoms with Gasteiger partial charge in [-0.3, -0.25) is 4.72 Å². The first-order valence-corrected chi connectivity index (χ1v) is 9.46. The molecule has 0 atom stereocenters. The Morgan fingerprint density at radius 3 is 2.67 bits per heavy atom. The molecular formula is C18H15FN4O3S. The molecule has 3 aromatic rings. The van der Waals surface area contributed by atoms with Crippen molar-refractivity contribution in [2.24, 2.45) is 10.7 Å². The number of hydrogen-bond acceptors (Lipinski definition) is 6. The van der Waals surface area contributed by atoms with Gasteiger partial charge >= 0.3 is 0 Å². The number of halogens is 1. The molecule has 1 aromatic heterocycles. The van der Waals surface area contributed by atoms with E-state index in [1.165, 1.54) is 24.5 Å². The summed E-state index contributed by atoms with van der Waals surface area (Å²) in [6.07, 6.45) is 1.52. The number of nitrogens with zero attached hydrogens (tertiary/aromatic N) is 2. The Bertz CT molecular complexity index is 1220. The van der Waals surface area contributed by atoms with E-state index in [0.717, 1.165) is 11.8 Å². The van der Waals surface area contributed by atoms with E-state index >= 15 is 0 Å². The van der Waals surface area contributed by atoms with E-state index in [0.29, 0.717) is 28.9 Å². The van der Waals surface area contributed by atoms with E-state index in [-0.39, 0.29) is 4.90 Å². The van der Waals surface area contributed by atoms with Gasteiger partial charge in [-0.2, -0.15) is 0 Å². The molecule has 2 heterocycles. The lowest BCUT2D eigenvalue weighted by molar-refractivity contribution is 0.500. The molecule has 1 aliphatic rings. The molecule has 0 saturated heterocycles. The first kappa shape index (κ1) is 17.1. The number of nitrogens with one attached hydrogen (secondary N) is 1. The maximum Gasteiger partial charge on any atom is 0.261 e. The van der Waals surface area contributed by atoms with Crippen molar-refractivity contribution in [1.82, 2.24) is 0 Å². The van der Waals surface area contributed by atoms with Gasteiger partial charge in [-0.25, -0.2) is 17.8 Å². The number of anilines is 2. The molecule has 138 valence electrons. The summed E-state index contributed by atoms with van der Waals surface area (Å²) in [5.41, 5.74) is 7.76. The van der Waals surface area contributed by atoms with E-state index in [4.69, 9.17) is 10.2 Å². The maximum atomic E-state index is 13.3. The molecule has 1 aliphatic heterocycles. The van der Waals surface area contributed by atoms with Crippen LogP contribution in [-0.4, -0.2) is 15.1 Å². The van der Waals surface area contributed by atoms with E-state index in [1.807, 2.05) is 0 Å². The molecule has 9 heteroatoms. The normalized spacial score (nSPS) is 13.8. The van der Waals surface area contributed by atoms with E-state index < -0.39 is 15.8 Å². The number of fused-ring (bicyclic) bond motifs is 1. The maximum absolute atomic E-state index is 13.3. The second-order valence-corrected chi connectivity index (χ2v) is 7.54. The van der Waals surface area contributed by atoms with Crippen LogP contribution in [-0.2, 0) is 10.0 Å². The SMILES string of the molecule is NC1=c2ccoc2=NCN1c1ccc(NS(=O)(=O)c2cccc(F)c2)cc1. The molecule has 4 rings (SSSR count). The zero-order valence-electron chi connectivity index (χ0n) is 14.0. The van der Waals surface area contributed by atoms with Crippen LogP contribution in [0.3, 0.4) is 0 Å². The van der Waals surface area contributed by atoms with Crippen molar-refractivity contribution in [1.29, 1.82) is 0 Å². The Labute approximate surface area is 154 Å². The molecule has 0 bridgehead atoms. The Kier molecular flexibility index (Phi) is 4.08. The van der Waals surface area contributed by atoms with Gasteiger partial charge in [0.15, 0.2) is 0 Å². The number of nitrogens with two attached hydrogens (primary N) is 1. The van der Waals surface area contributed by atoms with Gasteiger partial charge in [0.2, 0.25) is 5.55 Å². The van der Waals surface area contributed by atoms with Gasteiger partial charge in [0, 0.05) is 11.4 Å². The van der Waals surface area contributed by atoms with Crippen LogP contribution in [0.4, 0.5) is 15.8 Å². The number of hydrogen-bond donors (Lipinski definition) is 2. The number of benzene rings is 2. The standard InChI is InChI=1S/C18H15FN4O3S/c19-12-2-1-3-15(10-12)27(24,25)22-13-4-6-14(7-5-13)23-11-21-18-16(17(23)20)8-9-26-18/h1-10,22H,11,20H2. The molecule has 0 radical (unpaired) electrons. The first-order valence-electron chi connectivity index (χ1n) is 7.98. The lowest BCUT2D eigenvalue weighted by atomic mass is 10.2. The van der Waals surface area contributed by atoms with Crippen molar-refractivity contribution >= 4 is 27.2 Å². The van der Waals surface area contributed by atoms with Crippen LogP contribution in [0.1, 0.15) is 0 Å². The summed E-state index contributed by atoms with van der Waals surface area (Å²) in [4.78, 5) is 5.94. The lowest BCUT2D eigenvalue weighted by Crippen LogP contribution is -2.42. The summed E-state index contributed by atoms with van der Waals surface area (Å²) >= 11 is 0. The van der Waals surface area contributed by atoms with Crippen LogP contribution in [0.15, 0.2) is 75.2 Å². The van der Waals surface area contributed by atoms with Crippen LogP contribution >= 0.6 is 0 Å². The van der Waals surface area contributed by atoms with Crippen molar-refractivity contribution in [2.75, 3.05) is 16.3 Å². The van der Waals surface area contributed by atoms with Gasteiger partial charge in [-0.1, -0.05) is 6.07 Å². The molecule has 0 fully saturated rings. The largest absolute Gasteiger partial charge is 0.446 e. The summed E-state index contributed by atoms with van der Waals surface area (Å²) in [7, 11) is -3.88. The molecule has 0 unspecified atom stereocenters. The molecular weight excluding hydrogens is 371 g/mol. The smallest absolute Gasteiger partial charge is 0.261 e. The highest BCUT2D eigenvalue weighted by Crippen LogP contribution is 2.23. The summed E-state index contributed by atoms with van der Waals surface area (Å²) in [5, 5.41) is 0.706. The minimum Gasteiger partial charge on any atom is -0.446 e. The number of furan rings is 1. The fourth-order valence-electron chi connectivity index (χ4n) is 2.75. The van der Waals surface area contributed by atoms with Crippen molar-refractivity contribution in [3.8, 4) is 0 Å². The van der Waals surface area contributed by atoms with Crippen molar-refractivity contribution in [2.45, 2.75) is 4.90 Å². The molecule has 3 N–H and O–H groups in total. The molecule has 0 aliphatic carbocycles. The molecule has 27 heavy (non-hydrogen) atoms. The van der Waals surface area contributed by atoms with Gasteiger partial charge < -0.3 is 15.1 Å². The number of rotatable bonds is 4. The highest BCUT2D eigenvalue weighted by molar-refractivity contribution is 7.92. The van der Waals surface area contributed by atoms with Crippen molar-refractivity contribution in [3.63, 3.8) is 0 Å². The van der Waals surface area contributed by atoms with Crippen LogP contribution in [0.2, 0.25) is 0 Å². The Morgan fingerprint density at radius 2 is 1.93 bits per heavy atom. The fourth-order valence-corrected chi connectivity index (χ4v) is 3.84. The average Bonchev–Trinajstić information content (AvgIpc) is 3.12. The number of sulfonamides is 1. The monoisotopic (exact) mass is 386 g/mol. The Morgan fingerprint density at radius 1 is 1.15 bits per heavy atom. The quantitative estimate of drug-likeness (QED) is 0.705. The molecule has 7 nitrogen and oxygen atoms in total. The second kappa shape index (κ2) is 6.44. The molecule has 2 aromatic carbocycles. The first-order chi connectivity index (χ1) is 12.9. The third-order valence-electron chi connectivity index (χ3n) is 4.10. The Balaban J connectivity index is 1.58. The van der Waals surface area contributed by atoms with E-state index in [9.17, 15) is 12.8 Å². The topological polar surface area (TPSA) is 101 Å². The van der Waals surface area contributed by atoms with Gasteiger partial charge in [-0.15, -0.1) is 0 Å². The van der Waals surface area contributed by atoms with Crippen LogP contribution in [0.5, 0.6) is 0 Å². The summed E-state index contributed by atoms with van der Waals surface area (Å²) < 4.78 is 45.7. The summed E-state index contributed by atoms with van der Waals surface area (Å²) in [5.74, 6) is -0.117. The van der Waals surface area contributed by atoms with Gasteiger partial charge in [0.1, 0.15) is 18.3 Å². The predicted molar refractivity (Wildman–Crippen MR) is 98.1 cm³/mol.